The van der Waals surface area contributed by atoms with Gasteiger partial charge in [0.25, 0.3) is 5.91 Å². The van der Waals surface area contributed by atoms with Crippen LogP contribution < -0.4 is 5.32 Å². The maximum absolute atomic E-state index is 11.6. The van der Waals surface area contributed by atoms with Gasteiger partial charge in [-0.3, -0.25) is 14.6 Å². The Bertz CT molecular complexity index is 446. The maximum atomic E-state index is 11.6. The Labute approximate surface area is 102 Å². The summed E-state index contributed by atoms with van der Waals surface area (Å²) in [6.45, 7) is 0. The Morgan fingerprint density at radius 3 is 2.50 bits per heavy atom. The average Bonchev–Trinajstić information content (AvgIpc) is 2.34. The molecular formula is C11H12N2O5. The Balaban J connectivity index is 2.64. The van der Waals surface area contributed by atoms with Crippen LogP contribution in [0.1, 0.15) is 23.3 Å². The maximum Gasteiger partial charge on any atom is 0.326 e. The molecule has 18 heavy (non-hydrogen) atoms. The van der Waals surface area contributed by atoms with Crippen LogP contribution in [0.2, 0.25) is 0 Å². The number of aromatic nitrogens is 1. The van der Waals surface area contributed by atoms with E-state index in [0.717, 1.165) is 0 Å². The predicted molar refractivity (Wildman–Crippen MR) is 60.0 cm³/mol. The van der Waals surface area contributed by atoms with E-state index in [-0.39, 0.29) is 18.5 Å². The minimum absolute atomic E-state index is 0.0825. The second kappa shape index (κ2) is 6.33. The van der Waals surface area contributed by atoms with Crippen LogP contribution in [0.5, 0.6) is 0 Å². The Morgan fingerprint density at radius 2 is 2.00 bits per heavy atom. The van der Waals surface area contributed by atoms with E-state index in [1.54, 1.807) is 12.1 Å². The second-order valence-corrected chi connectivity index (χ2v) is 3.51. The minimum Gasteiger partial charge on any atom is -0.481 e. The van der Waals surface area contributed by atoms with Crippen molar-refractivity contribution in [2.75, 3.05) is 0 Å². The first kappa shape index (κ1) is 13.6. The number of carboxylic acids is 2. The lowest BCUT2D eigenvalue weighted by Crippen LogP contribution is -2.41. The van der Waals surface area contributed by atoms with Crippen molar-refractivity contribution in [3.05, 3.63) is 30.1 Å². The zero-order valence-corrected chi connectivity index (χ0v) is 9.37. The van der Waals surface area contributed by atoms with Crippen molar-refractivity contribution in [2.45, 2.75) is 18.9 Å². The van der Waals surface area contributed by atoms with Crippen LogP contribution in [-0.2, 0) is 9.59 Å². The van der Waals surface area contributed by atoms with Crippen molar-refractivity contribution in [2.24, 2.45) is 0 Å². The topological polar surface area (TPSA) is 117 Å². The predicted octanol–water partition coefficient (Wildman–Crippen LogP) is 0.129. The van der Waals surface area contributed by atoms with E-state index in [1.165, 1.54) is 12.3 Å². The molecule has 96 valence electrons. The molecule has 0 saturated carbocycles. The molecule has 0 bridgehead atoms. The van der Waals surface area contributed by atoms with Gasteiger partial charge in [-0.1, -0.05) is 6.07 Å². The molecule has 0 fully saturated rings. The molecule has 1 atom stereocenters. The van der Waals surface area contributed by atoms with Gasteiger partial charge < -0.3 is 15.5 Å². The number of hydrogen-bond acceptors (Lipinski definition) is 4. The normalized spacial score (nSPS) is 11.6. The SMILES string of the molecule is O=C(O)CC[C@H](NC(=O)c1ccccn1)C(=O)O. The van der Waals surface area contributed by atoms with Crippen molar-refractivity contribution in [3.63, 3.8) is 0 Å². The van der Waals surface area contributed by atoms with Crippen molar-refractivity contribution in [1.82, 2.24) is 10.3 Å². The molecule has 3 N–H and O–H groups in total. The first-order valence-corrected chi connectivity index (χ1v) is 5.17. The van der Waals surface area contributed by atoms with Gasteiger partial charge in [-0.2, -0.15) is 0 Å². The fourth-order valence-electron chi connectivity index (χ4n) is 1.25. The van der Waals surface area contributed by atoms with E-state index in [1.807, 2.05) is 0 Å². The molecule has 1 rings (SSSR count). The quantitative estimate of drug-likeness (QED) is 0.662. The van der Waals surface area contributed by atoms with Crippen LogP contribution in [0, 0.1) is 0 Å². The molecule has 0 aliphatic rings. The number of amides is 1. The summed E-state index contributed by atoms with van der Waals surface area (Å²) in [5.74, 6) is -3.04. The number of aliphatic carboxylic acids is 2. The number of pyridine rings is 1. The van der Waals surface area contributed by atoms with Crippen LogP contribution in [0.3, 0.4) is 0 Å². The van der Waals surface area contributed by atoms with Gasteiger partial charge in [-0.25, -0.2) is 4.79 Å². The molecule has 0 saturated heterocycles. The molecule has 1 aromatic rings. The first-order valence-electron chi connectivity index (χ1n) is 5.17. The highest BCUT2D eigenvalue weighted by Crippen LogP contribution is 2.01. The molecule has 0 aliphatic heterocycles. The molecule has 1 amide bonds. The van der Waals surface area contributed by atoms with E-state index < -0.39 is 23.9 Å². The molecule has 7 heteroatoms. The Kier molecular flexibility index (Phi) is 4.79. The van der Waals surface area contributed by atoms with Crippen molar-refractivity contribution in [3.8, 4) is 0 Å². The smallest absolute Gasteiger partial charge is 0.326 e. The zero-order chi connectivity index (χ0) is 13.5. The Hall–Kier alpha value is -2.44. The summed E-state index contributed by atoms with van der Waals surface area (Å²) in [7, 11) is 0. The van der Waals surface area contributed by atoms with Gasteiger partial charge in [0, 0.05) is 12.6 Å². The summed E-state index contributed by atoms with van der Waals surface area (Å²) >= 11 is 0. The second-order valence-electron chi connectivity index (χ2n) is 3.51. The molecule has 7 nitrogen and oxygen atoms in total. The Morgan fingerprint density at radius 1 is 1.28 bits per heavy atom. The van der Waals surface area contributed by atoms with Crippen molar-refractivity contribution < 1.29 is 24.6 Å². The monoisotopic (exact) mass is 252 g/mol. The number of hydrogen-bond donors (Lipinski definition) is 3. The number of nitrogens with zero attached hydrogens (tertiary/aromatic N) is 1. The number of carbonyl (C=O) groups is 3. The van der Waals surface area contributed by atoms with Gasteiger partial charge in [0.2, 0.25) is 0 Å². The third-order valence-corrected chi connectivity index (χ3v) is 2.15. The van der Waals surface area contributed by atoms with Gasteiger partial charge >= 0.3 is 11.9 Å². The number of carbonyl (C=O) groups excluding carboxylic acids is 1. The van der Waals surface area contributed by atoms with Crippen molar-refractivity contribution >= 4 is 17.8 Å². The van der Waals surface area contributed by atoms with Gasteiger partial charge in [0.05, 0.1) is 0 Å². The summed E-state index contributed by atoms with van der Waals surface area (Å²) in [6.07, 6.45) is 0.893. The number of rotatable bonds is 6. The summed E-state index contributed by atoms with van der Waals surface area (Å²) in [4.78, 5) is 36.6. The molecule has 0 radical (unpaired) electrons. The van der Waals surface area contributed by atoms with Crippen LogP contribution in [0.25, 0.3) is 0 Å². The molecule has 1 aromatic heterocycles. The van der Waals surface area contributed by atoms with E-state index in [4.69, 9.17) is 10.2 Å². The highest BCUT2D eigenvalue weighted by molar-refractivity contribution is 5.94. The van der Waals surface area contributed by atoms with Gasteiger partial charge in [0.1, 0.15) is 11.7 Å². The van der Waals surface area contributed by atoms with Crippen LogP contribution in [0.4, 0.5) is 0 Å². The fraction of sp³-hybridized carbons (Fsp3) is 0.273. The van der Waals surface area contributed by atoms with Crippen molar-refractivity contribution in [1.29, 1.82) is 0 Å². The summed E-state index contributed by atoms with van der Waals surface area (Å²) in [5, 5.41) is 19.6. The average molecular weight is 252 g/mol. The molecule has 1 heterocycles. The van der Waals surface area contributed by atoms with Crippen LogP contribution in [-0.4, -0.2) is 39.1 Å². The summed E-state index contributed by atoms with van der Waals surface area (Å²) < 4.78 is 0. The van der Waals surface area contributed by atoms with E-state index in [0.29, 0.717) is 0 Å². The highest BCUT2D eigenvalue weighted by atomic mass is 16.4. The summed E-state index contributed by atoms with van der Waals surface area (Å²) in [6, 6.07) is 3.41. The number of carboxylic acid groups (broad SMARTS) is 2. The summed E-state index contributed by atoms with van der Waals surface area (Å²) in [5.41, 5.74) is 0.0825. The largest absolute Gasteiger partial charge is 0.481 e. The lowest BCUT2D eigenvalue weighted by atomic mass is 10.1. The lowest BCUT2D eigenvalue weighted by molar-refractivity contribution is -0.140. The molecule has 0 spiro atoms. The molecule has 0 aliphatic carbocycles. The third kappa shape index (κ3) is 4.20. The van der Waals surface area contributed by atoms with Gasteiger partial charge in [0.15, 0.2) is 0 Å². The molecular weight excluding hydrogens is 240 g/mol. The first-order chi connectivity index (χ1) is 8.50. The fourth-order valence-corrected chi connectivity index (χ4v) is 1.25. The van der Waals surface area contributed by atoms with E-state index >= 15 is 0 Å². The zero-order valence-electron chi connectivity index (χ0n) is 9.37. The highest BCUT2D eigenvalue weighted by Gasteiger charge is 2.21. The standard InChI is InChI=1S/C11H12N2O5/c14-9(15)5-4-8(11(17)18)13-10(16)7-3-1-2-6-12-7/h1-3,6,8H,4-5H2,(H,13,16)(H,14,15)(H,17,18)/t8-/m0/s1. The minimum atomic E-state index is -1.28. The third-order valence-electron chi connectivity index (χ3n) is 2.15. The molecule has 0 aromatic carbocycles. The van der Waals surface area contributed by atoms with E-state index in [2.05, 4.69) is 10.3 Å². The molecule has 0 unspecified atom stereocenters. The van der Waals surface area contributed by atoms with Gasteiger partial charge in [-0.05, 0) is 18.6 Å². The lowest BCUT2D eigenvalue weighted by Gasteiger charge is -2.12. The van der Waals surface area contributed by atoms with Crippen LogP contribution in [0.15, 0.2) is 24.4 Å². The van der Waals surface area contributed by atoms with Gasteiger partial charge in [-0.15, -0.1) is 0 Å². The van der Waals surface area contributed by atoms with E-state index in [9.17, 15) is 14.4 Å². The van der Waals surface area contributed by atoms with Crippen LogP contribution >= 0.6 is 0 Å². The number of nitrogens with one attached hydrogen (secondary N) is 1.